The summed E-state index contributed by atoms with van der Waals surface area (Å²) < 4.78 is 204. The van der Waals surface area contributed by atoms with Crippen LogP contribution >= 0.6 is 11.6 Å². The number of ether oxygens (including phenoxy) is 1. The van der Waals surface area contributed by atoms with Gasteiger partial charge in [-0.25, -0.2) is 12.6 Å². The minimum Gasteiger partial charge on any atom is -0.494 e. The molecule has 378 valence electrons. The Morgan fingerprint density at radius 2 is 1.40 bits per heavy atom. The molecule has 1 amide bonds. The number of benzene rings is 4. The first-order valence-corrected chi connectivity index (χ1v) is 27.6. The van der Waals surface area contributed by atoms with Gasteiger partial charge in [0, 0.05) is 23.7 Å². The van der Waals surface area contributed by atoms with Crippen molar-refractivity contribution in [1.29, 1.82) is 0 Å². The third-order valence-electron chi connectivity index (χ3n) is 9.05. The molecule has 0 aliphatic carbocycles. The molecule has 5 rings (SSSR count). The molecule has 29 nitrogen and oxygen atoms in total. The highest BCUT2D eigenvalue weighted by Gasteiger charge is 2.30. The number of nitrogens with one attached hydrogen (secondary N) is 2. The lowest BCUT2D eigenvalue weighted by molar-refractivity contribution is -0.126. The van der Waals surface area contributed by atoms with Crippen LogP contribution in [0.2, 0.25) is 5.28 Å². The molecule has 7 N–H and O–H groups in total. The standard InChI is InChI=1S/C34H33ClN8O21S6/c1-4-43(19-6-5-7-20(12-19)65(46,47)9-8-64-70(60,61)62)34-39-32(35)38-33(40-34)37-24-15-26(63-3)23(16-29(24)69(57,58)59)36-31(45)30(17(2)44)42-41-25-14-22-18(11-28(25)68(54,55)56)10-21(66(48,49)50)13-27(22)67(51,52)53/h5-7,10-16,30H,4,8-9H2,1-3H3,(H,36,45)(H,48,49,50)(H,51,52,53)(H,54,55,56)(H,57,58,59)(H,60,61,62)(H,37,38,39,40). The van der Waals surface area contributed by atoms with Crippen LogP contribution in [0.15, 0.2) is 95.4 Å². The van der Waals surface area contributed by atoms with Crippen LogP contribution in [0.25, 0.3) is 10.8 Å². The number of hydrogen-bond acceptors (Lipinski definition) is 23. The normalized spacial score (nSPS) is 13.3. The third-order valence-corrected chi connectivity index (χ3v) is 14.9. The maximum atomic E-state index is 13.6. The predicted octanol–water partition coefficient (Wildman–Crippen LogP) is 2.85. The van der Waals surface area contributed by atoms with Crippen molar-refractivity contribution in [2.75, 3.05) is 41.5 Å². The van der Waals surface area contributed by atoms with E-state index in [1.54, 1.807) is 6.92 Å². The van der Waals surface area contributed by atoms with Gasteiger partial charge in [-0.1, -0.05) is 6.07 Å². The fraction of sp³-hybridized carbons (Fsp3) is 0.206. The smallest absolute Gasteiger partial charge is 0.397 e. The molecule has 0 spiro atoms. The van der Waals surface area contributed by atoms with E-state index in [1.165, 1.54) is 23.1 Å². The van der Waals surface area contributed by atoms with Gasteiger partial charge in [0.15, 0.2) is 15.6 Å². The van der Waals surface area contributed by atoms with Gasteiger partial charge < -0.3 is 20.3 Å². The number of aromatic nitrogens is 3. The highest BCUT2D eigenvalue weighted by molar-refractivity contribution is 7.91. The Bertz CT molecular complexity index is 3700. The van der Waals surface area contributed by atoms with Crippen LogP contribution in [0, 0.1) is 0 Å². The SMILES string of the molecule is CCN(c1cccc(S(=O)(=O)CCOS(=O)(=O)O)c1)c1nc(Cl)nc(Nc2cc(OC)c(NC(=O)C(N=Nc3cc4c(S(=O)(=O)O)cc(S(=O)(=O)O)cc4cc3S(=O)(=O)O)C(C)=O)cc2S(=O)(=O)O)n1. The van der Waals surface area contributed by atoms with E-state index in [-0.39, 0.29) is 23.1 Å². The molecule has 1 atom stereocenters. The number of carbonyl (C=O) groups is 2. The summed E-state index contributed by atoms with van der Waals surface area (Å²) in [6, 6.07) is 6.29. The number of azo groups is 1. The molecular weight excluding hydrogens is 1080 g/mol. The number of amides is 1. The van der Waals surface area contributed by atoms with Gasteiger partial charge in [0.2, 0.25) is 23.2 Å². The van der Waals surface area contributed by atoms with Crippen LogP contribution in [-0.2, 0) is 74.5 Å². The number of halogens is 1. The molecule has 1 aromatic heterocycles. The predicted molar refractivity (Wildman–Crippen MR) is 241 cm³/mol. The molecule has 4 aromatic carbocycles. The average Bonchev–Trinajstić information content (AvgIpc) is 3.21. The lowest BCUT2D eigenvalue weighted by atomic mass is 10.1. The van der Waals surface area contributed by atoms with E-state index in [1.807, 2.05) is 0 Å². The summed E-state index contributed by atoms with van der Waals surface area (Å²) in [7, 11) is -29.3. The third kappa shape index (κ3) is 13.5. The number of methoxy groups -OCH3 is 1. The fourth-order valence-corrected chi connectivity index (χ4v) is 10.4. The van der Waals surface area contributed by atoms with Gasteiger partial charge >= 0.3 is 10.4 Å². The summed E-state index contributed by atoms with van der Waals surface area (Å²) in [5.41, 5.74) is -1.96. The first-order chi connectivity index (χ1) is 32.1. The maximum Gasteiger partial charge on any atom is 0.397 e. The van der Waals surface area contributed by atoms with Gasteiger partial charge in [-0.3, -0.25) is 32.4 Å². The Morgan fingerprint density at radius 3 is 1.96 bits per heavy atom. The zero-order valence-corrected chi connectivity index (χ0v) is 40.9. The number of hydrogen-bond donors (Lipinski definition) is 7. The highest BCUT2D eigenvalue weighted by atomic mass is 35.5. The van der Waals surface area contributed by atoms with Crippen molar-refractivity contribution in [2.24, 2.45) is 10.2 Å². The molecule has 0 saturated carbocycles. The number of fused-ring (bicyclic) bond motifs is 1. The zero-order valence-electron chi connectivity index (χ0n) is 35.3. The van der Waals surface area contributed by atoms with E-state index >= 15 is 0 Å². The second-order valence-electron chi connectivity index (χ2n) is 13.8. The number of carbonyl (C=O) groups excluding carboxylic acids is 2. The van der Waals surface area contributed by atoms with Crippen LogP contribution in [-0.4, -0.2) is 132 Å². The van der Waals surface area contributed by atoms with Gasteiger partial charge in [-0.15, -0.1) is 0 Å². The molecule has 0 radical (unpaired) electrons. The summed E-state index contributed by atoms with van der Waals surface area (Å²) in [5, 5.41) is 9.95. The molecule has 0 bridgehead atoms. The Kier molecular flexibility index (Phi) is 16.0. The highest BCUT2D eigenvalue weighted by Crippen LogP contribution is 2.38. The largest absolute Gasteiger partial charge is 0.494 e. The van der Waals surface area contributed by atoms with E-state index < -0.39 is 155 Å². The van der Waals surface area contributed by atoms with E-state index in [0.717, 1.165) is 26.2 Å². The van der Waals surface area contributed by atoms with Crippen molar-refractivity contribution in [1.82, 2.24) is 15.0 Å². The van der Waals surface area contributed by atoms with Gasteiger partial charge in [0.05, 0.1) is 40.6 Å². The number of Topliss-reactive ketones (excluding diaryl/α,β-unsaturated/α-hetero) is 1. The average molecular weight is 1120 g/mol. The van der Waals surface area contributed by atoms with Crippen molar-refractivity contribution in [3.63, 3.8) is 0 Å². The Balaban J connectivity index is 1.51. The molecule has 0 fully saturated rings. The lowest BCUT2D eigenvalue weighted by Crippen LogP contribution is -2.32. The summed E-state index contributed by atoms with van der Waals surface area (Å²) in [6.07, 6.45) is 0. The van der Waals surface area contributed by atoms with Gasteiger partial charge in [-0.05, 0) is 79.4 Å². The summed E-state index contributed by atoms with van der Waals surface area (Å²) in [6.45, 7) is 1.50. The number of ketones is 1. The van der Waals surface area contributed by atoms with Gasteiger partial charge in [-0.2, -0.15) is 67.3 Å². The number of rotatable bonds is 20. The van der Waals surface area contributed by atoms with Crippen molar-refractivity contribution < 1.29 is 91.8 Å². The summed E-state index contributed by atoms with van der Waals surface area (Å²) >= 11 is 6.20. The minimum atomic E-state index is -5.38. The minimum absolute atomic E-state index is 0.0217. The first kappa shape index (κ1) is 55.0. The second-order valence-corrected chi connectivity index (χ2v) is 22.9. The molecule has 1 unspecified atom stereocenters. The van der Waals surface area contributed by atoms with E-state index in [9.17, 15) is 78.3 Å². The Labute approximate surface area is 401 Å². The number of anilines is 5. The van der Waals surface area contributed by atoms with Gasteiger partial charge in [0.1, 0.15) is 26.1 Å². The zero-order chi connectivity index (χ0) is 52.5. The molecule has 70 heavy (non-hydrogen) atoms. The van der Waals surface area contributed by atoms with Crippen molar-refractivity contribution in [3.8, 4) is 5.75 Å². The van der Waals surface area contributed by atoms with Crippen molar-refractivity contribution >= 4 is 129 Å². The van der Waals surface area contributed by atoms with E-state index in [4.69, 9.17) is 20.9 Å². The van der Waals surface area contributed by atoms with Crippen LogP contribution < -0.4 is 20.3 Å². The second kappa shape index (κ2) is 20.4. The lowest BCUT2D eigenvalue weighted by Gasteiger charge is -2.22. The Hall–Kier alpha value is -5.96. The molecule has 0 saturated heterocycles. The maximum absolute atomic E-state index is 13.6. The Morgan fingerprint density at radius 1 is 0.757 bits per heavy atom. The molecular formula is C34H33ClN8O21S6. The first-order valence-electron chi connectivity index (χ1n) is 18.5. The van der Waals surface area contributed by atoms with Gasteiger partial charge in [0.25, 0.3) is 46.4 Å². The van der Waals surface area contributed by atoms with Crippen LogP contribution in [0.4, 0.5) is 34.6 Å². The van der Waals surface area contributed by atoms with Crippen molar-refractivity contribution in [2.45, 2.75) is 44.4 Å². The molecule has 36 heteroatoms. The fourth-order valence-electron chi connectivity index (χ4n) is 6.03. The van der Waals surface area contributed by atoms with E-state index in [2.05, 4.69) is 40.0 Å². The number of nitrogens with zero attached hydrogens (tertiary/aromatic N) is 6. The summed E-state index contributed by atoms with van der Waals surface area (Å²) in [4.78, 5) is 35.0. The van der Waals surface area contributed by atoms with Crippen molar-refractivity contribution in [3.05, 3.63) is 65.9 Å². The molecule has 5 aromatic rings. The molecule has 0 aliphatic heterocycles. The molecule has 1 heterocycles. The molecule has 0 aliphatic rings. The van der Waals surface area contributed by atoms with E-state index in [0.29, 0.717) is 30.3 Å². The van der Waals surface area contributed by atoms with Crippen LogP contribution in [0.1, 0.15) is 13.8 Å². The monoisotopic (exact) mass is 1120 g/mol. The van der Waals surface area contributed by atoms with Crippen LogP contribution in [0.3, 0.4) is 0 Å². The quantitative estimate of drug-likeness (QED) is 0.0335. The summed E-state index contributed by atoms with van der Waals surface area (Å²) in [5.74, 6) is -4.57. The van der Waals surface area contributed by atoms with Crippen LogP contribution in [0.5, 0.6) is 5.75 Å². The number of sulfone groups is 1. The topological polar surface area (TPSA) is 449 Å².